The van der Waals surface area contributed by atoms with Gasteiger partial charge in [-0.05, 0) is 38.5 Å². The van der Waals surface area contributed by atoms with E-state index in [-0.39, 0.29) is 31.1 Å². The molecule has 1 aromatic rings. The molecular weight excluding hydrogens is 310 g/mol. The highest BCUT2D eigenvalue weighted by Crippen LogP contribution is 2.20. The first kappa shape index (κ1) is 18.2. The summed E-state index contributed by atoms with van der Waals surface area (Å²) in [6, 6.07) is 4.00. The summed E-state index contributed by atoms with van der Waals surface area (Å²) in [6.07, 6.45) is 3.73. The first-order valence-electron chi connectivity index (χ1n) is 8.01. The van der Waals surface area contributed by atoms with Crippen molar-refractivity contribution >= 4 is 12.0 Å². The summed E-state index contributed by atoms with van der Waals surface area (Å²) in [5, 5.41) is 5.44. The van der Waals surface area contributed by atoms with Gasteiger partial charge in [0.1, 0.15) is 5.60 Å². The van der Waals surface area contributed by atoms with Gasteiger partial charge in [-0.2, -0.15) is 0 Å². The third-order valence-corrected chi connectivity index (χ3v) is 3.37. The number of carbonyl (C=O) groups is 2. The van der Waals surface area contributed by atoms with Crippen LogP contribution in [-0.2, 0) is 9.53 Å². The molecule has 2 heterocycles. The number of alkyl carbamates (subject to hydrolysis) is 1. The van der Waals surface area contributed by atoms with E-state index in [2.05, 4.69) is 26.5 Å². The molecule has 0 bridgehead atoms. The Balaban J connectivity index is 1.66. The molecule has 1 aliphatic rings. The number of rotatable bonds is 5. The number of hydrazine groups is 1. The van der Waals surface area contributed by atoms with Crippen molar-refractivity contribution in [1.82, 2.24) is 26.5 Å². The zero-order chi connectivity index (χ0) is 17.6. The second kappa shape index (κ2) is 8.07. The lowest BCUT2D eigenvalue weighted by Crippen LogP contribution is -2.45. The fraction of sp³-hybridized carbons (Fsp3) is 0.562. The van der Waals surface area contributed by atoms with E-state index in [0.717, 1.165) is 12.0 Å². The second-order valence-corrected chi connectivity index (χ2v) is 6.66. The molecule has 2 unspecified atom stereocenters. The number of amides is 2. The molecule has 1 saturated heterocycles. The standard InChI is InChI=1S/C16H25N5O3/c1-16(2,3)24-15(23)18-9-6-14(22)19-13-10-12(20-21-13)11-4-7-17-8-5-11/h4-5,7-8,12-13,20-21H,6,9-10H2,1-3H3,(H,18,23)(H,19,22). The molecule has 1 aliphatic heterocycles. The Hall–Kier alpha value is -2.19. The van der Waals surface area contributed by atoms with Gasteiger partial charge in [-0.15, -0.1) is 0 Å². The third-order valence-electron chi connectivity index (χ3n) is 3.37. The van der Waals surface area contributed by atoms with E-state index < -0.39 is 11.7 Å². The van der Waals surface area contributed by atoms with Crippen LogP contribution < -0.4 is 21.5 Å². The largest absolute Gasteiger partial charge is 0.444 e. The van der Waals surface area contributed by atoms with Gasteiger partial charge < -0.3 is 15.4 Å². The van der Waals surface area contributed by atoms with Crippen LogP contribution in [0.1, 0.15) is 45.2 Å². The fourth-order valence-electron chi connectivity index (χ4n) is 2.32. The Morgan fingerprint density at radius 2 is 2.00 bits per heavy atom. The van der Waals surface area contributed by atoms with Gasteiger partial charge in [0.15, 0.2) is 0 Å². The molecule has 0 radical (unpaired) electrons. The predicted molar refractivity (Wildman–Crippen MR) is 88.7 cm³/mol. The van der Waals surface area contributed by atoms with Crippen LogP contribution in [0.25, 0.3) is 0 Å². The maximum atomic E-state index is 11.9. The van der Waals surface area contributed by atoms with Gasteiger partial charge in [-0.25, -0.2) is 15.6 Å². The van der Waals surface area contributed by atoms with E-state index >= 15 is 0 Å². The summed E-state index contributed by atoms with van der Waals surface area (Å²) in [5.41, 5.74) is 6.76. The van der Waals surface area contributed by atoms with Gasteiger partial charge in [0.2, 0.25) is 5.91 Å². The Labute approximate surface area is 141 Å². The first-order valence-corrected chi connectivity index (χ1v) is 8.01. The first-order chi connectivity index (χ1) is 11.3. The number of carbonyl (C=O) groups excluding carboxylic acids is 2. The predicted octanol–water partition coefficient (Wildman–Crippen LogP) is 0.978. The zero-order valence-electron chi connectivity index (χ0n) is 14.3. The van der Waals surface area contributed by atoms with Crippen LogP contribution in [0, 0.1) is 0 Å². The van der Waals surface area contributed by atoms with E-state index in [4.69, 9.17) is 4.74 Å². The molecule has 2 amide bonds. The molecule has 1 fully saturated rings. The molecule has 4 N–H and O–H groups in total. The molecule has 0 aliphatic carbocycles. The summed E-state index contributed by atoms with van der Waals surface area (Å²) >= 11 is 0. The monoisotopic (exact) mass is 335 g/mol. The molecule has 2 atom stereocenters. The third kappa shape index (κ3) is 6.13. The van der Waals surface area contributed by atoms with Crippen LogP contribution in [0.3, 0.4) is 0 Å². The highest BCUT2D eigenvalue weighted by Gasteiger charge is 2.25. The van der Waals surface area contributed by atoms with Gasteiger partial charge in [-0.1, -0.05) is 0 Å². The molecular formula is C16H25N5O3. The second-order valence-electron chi connectivity index (χ2n) is 6.66. The highest BCUT2D eigenvalue weighted by molar-refractivity contribution is 5.77. The normalized spacial score (nSPS) is 20.5. The SMILES string of the molecule is CC(C)(C)OC(=O)NCCC(=O)NC1CC(c2ccncc2)NN1. The van der Waals surface area contributed by atoms with Crippen LogP contribution >= 0.6 is 0 Å². The van der Waals surface area contributed by atoms with Gasteiger partial charge in [0.25, 0.3) is 0 Å². The number of pyridine rings is 1. The van der Waals surface area contributed by atoms with Gasteiger partial charge in [0, 0.05) is 37.8 Å². The lowest BCUT2D eigenvalue weighted by atomic mass is 10.1. The zero-order valence-corrected chi connectivity index (χ0v) is 14.3. The highest BCUT2D eigenvalue weighted by atomic mass is 16.6. The minimum Gasteiger partial charge on any atom is -0.444 e. The van der Waals surface area contributed by atoms with Crippen molar-refractivity contribution in [3.63, 3.8) is 0 Å². The smallest absolute Gasteiger partial charge is 0.407 e. The molecule has 0 spiro atoms. The van der Waals surface area contributed by atoms with Crippen LogP contribution in [0.4, 0.5) is 4.79 Å². The van der Waals surface area contributed by atoms with E-state index in [1.165, 1.54) is 0 Å². The molecule has 1 aromatic heterocycles. The number of hydrogen-bond donors (Lipinski definition) is 4. The van der Waals surface area contributed by atoms with Crippen LogP contribution in [0.2, 0.25) is 0 Å². The average molecular weight is 335 g/mol. The van der Waals surface area contributed by atoms with Crippen molar-refractivity contribution in [3.05, 3.63) is 30.1 Å². The lowest BCUT2D eigenvalue weighted by Gasteiger charge is -2.19. The summed E-state index contributed by atoms with van der Waals surface area (Å²) in [6.45, 7) is 5.60. The number of ether oxygens (including phenoxy) is 1. The Kier molecular flexibility index (Phi) is 6.10. The number of nitrogens with zero attached hydrogens (tertiary/aromatic N) is 1. The van der Waals surface area contributed by atoms with Crippen molar-refractivity contribution in [3.8, 4) is 0 Å². The van der Waals surface area contributed by atoms with Gasteiger partial charge in [-0.3, -0.25) is 9.78 Å². The topological polar surface area (TPSA) is 104 Å². The Morgan fingerprint density at radius 3 is 2.67 bits per heavy atom. The Bertz CT molecular complexity index is 559. The van der Waals surface area contributed by atoms with Crippen molar-refractivity contribution in [2.45, 2.75) is 51.4 Å². The van der Waals surface area contributed by atoms with Crippen molar-refractivity contribution in [2.75, 3.05) is 6.54 Å². The molecule has 0 saturated carbocycles. The van der Waals surface area contributed by atoms with Gasteiger partial charge in [0.05, 0.1) is 6.17 Å². The van der Waals surface area contributed by atoms with Crippen molar-refractivity contribution < 1.29 is 14.3 Å². The van der Waals surface area contributed by atoms with Gasteiger partial charge >= 0.3 is 6.09 Å². The summed E-state index contributed by atoms with van der Waals surface area (Å²) in [7, 11) is 0. The number of aromatic nitrogens is 1. The average Bonchev–Trinajstić information content (AvgIpc) is 2.94. The molecule has 2 rings (SSSR count). The summed E-state index contributed by atoms with van der Waals surface area (Å²) < 4.78 is 5.11. The maximum Gasteiger partial charge on any atom is 0.407 e. The van der Waals surface area contributed by atoms with Crippen molar-refractivity contribution in [2.24, 2.45) is 0 Å². The molecule has 0 aromatic carbocycles. The minimum atomic E-state index is -0.548. The quantitative estimate of drug-likeness (QED) is 0.639. The van der Waals surface area contributed by atoms with E-state index in [9.17, 15) is 9.59 Å². The van der Waals surface area contributed by atoms with E-state index in [1.807, 2.05) is 12.1 Å². The summed E-state index contributed by atoms with van der Waals surface area (Å²) in [5.74, 6) is -0.138. The molecule has 8 nitrogen and oxygen atoms in total. The van der Waals surface area contributed by atoms with Crippen LogP contribution in [0.15, 0.2) is 24.5 Å². The summed E-state index contributed by atoms with van der Waals surface area (Å²) in [4.78, 5) is 27.4. The molecule has 24 heavy (non-hydrogen) atoms. The van der Waals surface area contributed by atoms with Crippen LogP contribution in [-0.4, -0.2) is 35.3 Å². The maximum absolute atomic E-state index is 11.9. The lowest BCUT2D eigenvalue weighted by molar-refractivity contribution is -0.121. The van der Waals surface area contributed by atoms with E-state index in [1.54, 1.807) is 33.2 Å². The van der Waals surface area contributed by atoms with E-state index in [0.29, 0.717) is 0 Å². The number of hydrogen-bond acceptors (Lipinski definition) is 6. The fourth-order valence-corrected chi connectivity index (χ4v) is 2.32. The minimum absolute atomic E-state index is 0.123. The van der Waals surface area contributed by atoms with Crippen LogP contribution in [0.5, 0.6) is 0 Å². The Morgan fingerprint density at radius 1 is 1.29 bits per heavy atom. The van der Waals surface area contributed by atoms with Crippen molar-refractivity contribution in [1.29, 1.82) is 0 Å². The number of nitrogens with one attached hydrogen (secondary N) is 4. The molecule has 132 valence electrons. The molecule has 8 heteroatoms.